The van der Waals surface area contributed by atoms with E-state index in [1.807, 2.05) is 17.9 Å². The molecule has 0 spiro atoms. The van der Waals surface area contributed by atoms with Crippen LogP contribution >= 0.6 is 0 Å². The highest BCUT2D eigenvalue weighted by molar-refractivity contribution is 5.93. The van der Waals surface area contributed by atoms with Gasteiger partial charge >= 0.3 is 0 Å². The molecule has 2 bridgehead atoms. The minimum Gasteiger partial charge on any atom is -0.473 e. The second-order valence-corrected chi connectivity index (χ2v) is 11.1. The summed E-state index contributed by atoms with van der Waals surface area (Å²) in [6.07, 6.45) is 6.19. The molecular formula is C29H39N9O. The normalized spacial score (nSPS) is 20.4. The summed E-state index contributed by atoms with van der Waals surface area (Å²) < 4.78 is 10.5. The van der Waals surface area contributed by atoms with Gasteiger partial charge in [0.25, 0.3) is 0 Å². The summed E-state index contributed by atoms with van der Waals surface area (Å²) in [6, 6.07) is 6.31. The second kappa shape index (κ2) is 10.6. The topological polar surface area (TPSA) is 83.3 Å². The van der Waals surface area contributed by atoms with Gasteiger partial charge in [-0.1, -0.05) is 6.07 Å². The van der Waals surface area contributed by atoms with Crippen LogP contribution in [0.15, 0.2) is 24.4 Å². The van der Waals surface area contributed by atoms with E-state index in [-0.39, 0.29) is 6.10 Å². The molecule has 0 radical (unpaired) electrons. The van der Waals surface area contributed by atoms with Crippen LogP contribution in [0, 0.1) is 6.92 Å². The van der Waals surface area contributed by atoms with E-state index < -0.39 is 0 Å². The number of hydrogen-bond donors (Lipinski definition) is 1. The van der Waals surface area contributed by atoms with E-state index in [4.69, 9.17) is 9.84 Å². The van der Waals surface area contributed by atoms with Crippen LogP contribution in [0.5, 0.6) is 5.88 Å². The Kier molecular flexibility index (Phi) is 7.01. The number of ether oxygens (including phenoxy) is 1. The van der Waals surface area contributed by atoms with Crippen molar-refractivity contribution in [1.82, 2.24) is 44.5 Å². The molecule has 10 heteroatoms. The molecule has 0 aliphatic carbocycles. The summed E-state index contributed by atoms with van der Waals surface area (Å²) >= 11 is 0. The smallest absolute Gasteiger partial charge is 0.219 e. The zero-order valence-electron chi connectivity index (χ0n) is 23.7. The Hall–Kier alpha value is -3.47. The molecule has 5 heterocycles. The number of nitrogens with zero attached hydrogens (tertiary/aromatic N) is 8. The summed E-state index contributed by atoms with van der Waals surface area (Å²) in [5.74, 6) is 0.774. The first-order valence-corrected chi connectivity index (χ1v) is 13.9. The van der Waals surface area contributed by atoms with Crippen LogP contribution in [0.1, 0.15) is 29.6 Å². The maximum atomic E-state index is 6.48. The van der Waals surface area contributed by atoms with Crippen molar-refractivity contribution in [2.24, 2.45) is 7.05 Å². The highest BCUT2D eigenvalue weighted by Gasteiger charge is 2.21. The van der Waals surface area contributed by atoms with Gasteiger partial charge in [-0.2, -0.15) is 15.3 Å². The summed E-state index contributed by atoms with van der Waals surface area (Å²) in [4.78, 5) is 7.23. The van der Waals surface area contributed by atoms with Gasteiger partial charge in [-0.3, -0.25) is 19.6 Å². The van der Waals surface area contributed by atoms with Gasteiger partial charge in [0.1, 0.15) is 6.10 Å². The highest BCUT2D eigenvalue weighted by Crippen LogP contribution is 2.33. The number of rotatable bonds is 3. The van der Waals surface area contributed by atoms with E-state index >= 15 is 0 Å². The zero-order chi connectivity index (χ0) is 27.1. The third-order valence-electron chi connectivity index (χ3n) is 8.05. The first-order valence-electron chi connectivity index (χ1n) is 13.9. The molecule has 1 atom stereocenters. The van der Waals surface area contributed by atoms with Crippen molar-refractivity contribution in [3.63, 3.8) is 0 Å². The predicted molar refractivity (Wildman–Crippen MR) is 155 cm³/mol. The zero-order valence-corrected chi connectivity index (χ0v) is 23.7. The van der Waals surface area contributed by atoms with Crippen LogP contribution in [0.2, 0.25) is 0 Å². The number of aromatic nitrogens is 6. The molecule has 206 valence electrons. The number of benzene rings is 1. The summed E-state index contributed by atoms with van der Waals surface area (Å²) in [7, 11) is 6.26. The van der Waals surface area contributed by atoms with Crippen molar-refractivity contribution in [2.45, 2.75) is 33.0 Å². The largest absolute Gasteiger partial charge is 0.473 e. The molecule has 3 aromatic heterocycles. The molecule has 2 aliphatic rings. The van der Waals surface area contributed by atoms with Crippen molar-refractivity contribution < 1.29 is 4.74 Å². The first-order chi connectivity index (χ1) is 18.9. The van der Waals surface area contributed by atoms with Gasteiger partial charge in [0.05, 0.1) is 35.2 Å². The SMILES string of the molecule is Cc1c2c(nn1CCN1CCN(C)CC1)CN(C)C[C@H](C)Oc1c(cnn1C)-c1ccc3n[nH]c(c3c1)/C=C/2. The molecule has 0 unspecified atom stereocenters. The van der Waals surface area contributed by atoms with Crippen LogP contribution in [0.3, 0.4) is 0 Å². The average Bonchev–Trinajstić information content (AvgIpc) is 3.57. The average molecular weight is 530 g/mol. The minimum absolute atomic E-state index is 0.0260. The van der Waals surface area contributed by atoms with Gasteiger partial charge in [0.15, 0.2) is 0 Å². The number of hydrogen-bond acceptors (Lipinski definition) is 7. The molecule has 2 aliphatic heterocycles. The second-order valence-electron chi connectivity index (χ2n) is 11.1. The number of H-pyrrole nitrogens is 1. The van der Waals surface area contributed by atoms with Crippen molar-refractivity contribution in [1.29, 1.82) is 0 Å². The van der Waals surface area contributed by atoms with E-state index in [1.165, 1.54) is 11.3 Å². The lowest BCUT2D eigenvalue weighted by Gasteiger charge is -2.32. The van der Waals surface area contributed by atoms with Crippen molar-refractivity contribution >= 4 is 23.1 Å². The van der Waals surface area contributed by atoms with Crippen molar-refractivity contribution in [2.75, 3.05) is 53.4 Å². The lowest BCUT2D eigenvalue weighted by Crippen LogP contribution is -2.45. The number of piperazine rings is 1. The van der Waals surface area contributed by atoms with Crippen LogP contribution in [-0.2, 0) is 20.1 Å². The van der Waals surface area contributed by atoms with Crippen LogP contribution in [0.4, 0.5) is 0 Å². The first kappa shape index (κ1) is 25.8. The molecular weight excluding hydrogens is 490 g/mol. The highest BCUT2D eigenvalue weighted by atomic mass is 16.5. The van der Waals surface area contributed by atoms with Crippen LogP contribution in [-0.4, -0.2) is 104 Å². The number of aromatic amines is 1. The standard InChI is InChI=1S/C29H39N9O/c1-20-18-35(4)19-28-23(21(2)38(33-28)15-14-37-12-10-34(3)11-13-37)7-9-27-24-16-22(6-8-26(24)31-32-27)25-17-30-36(5)29(25)39-20/h6-9,16-17,20H,10-15,18-19H2,1-5H3,(H,31,32)/b9-7+/t20-/m0/s1. The lowest BCUT2D eigenvalue weighted by molar-refractivity contribution is 0.146. The molecule has 1 saturated heterocycles. The fourth-order valence-corrected chi connectivity index (χ4v) is 5.72. The van der Waals surface area contributed by atoms with Gasteiger partial charge in [-0.05, 0) is 57.8 Å². The molecule has 1 aromatic carbocycles. The number of fused-ring (bicyclic) bond motifs is 4. The fourth-order valence-electron chi connectivity index (χ4n) is 5.72. The molecule has 1 N–H and O–H groups in total. The molecule has 6 rings (SSSR count). The Labute approximate surface area is 229 Å². The Morgan fingerprint density at radius 1 is 1.03 bits per heavy atom. The van der Waals surface area contributed by atoms with E-state index in [0.717, 1.165) is 91.7 Å². The molecule has 10 nitrogen and oxygen atoms in total. The van der Waals surface area contributed by atoms with Crippen LogP contribution in [0.25, 0.3) is 34.2 Å². The van der Waals surface area contributed by atoms with Gasteiger partial charge in [-0.25, -0.2) is 4.68 Å². The van der Waals surface area contributed by atoms with Gasteiger partial charge in [0, 0.05) is 69.5 Å². The molecule has 39 heavy (non-hydrogen) atoms. The third-order valence-corrected chi connectivity index (χ3v) is 8.05. The summed E-state index contributed by atoms with van der Waals surface area (Å²) in [6.45, 7) is 12.2. The maximum absolute atomic E-state index is 6.48. The van der Waals surface area contributed by atoms with Gasteiger partial charge < -0.3 is 9.64 Å². The number of likely N-dealkylation sites (N-methyl/N-ethyl adjacent to an activating group) is 2. The Balaban J connectivity index is 1.37. The third kappa shape index (κ3) is 5.24. The van der Waals surface area contributed by atoms with Crippen molar-refractivity contribution in [3.8, 4) is 17.0 Å². The quantitative estimate of drug-likeness (QED) is 0.437. The van der Waals surface area contributed by atoms with Gasteiger partial charge in [-0.15, -0.1) is 0 Å². The van der Waals surface area contributed by atoms with Crippen molar-refractivity contribution in [3.05, 3.63) is 47.0 Å². The van der Waals surface area contributed by atoms with E-state index in [0.29, 0.717) is 0 Å². The van der Waals surface area contributed by atoms with Gasteiger partial charge in [0.2, 0.25) is 5.88 Å². The Morgan fingerprint density at radius 3 is 2.67 bits per heavy atom. The lowest BCUT2D eigenvalue weighted by atomic mass is 10.0. The van der Waals surface area contributed by atoms with Crippen LogP contribution < -0.4 is 4.74 Å². The molecule has 0 amide bonds. The molecule has 4 aromatic rings. The number of nitrogens with one attached hydrogen (secondary N) is 1. The predicted octanol–water partition coefficient (Wildman–Crippen LogP) is 3.10. The van der Waals surface area contributed by atoms with E-state index in [9.17, 15) is 0 Å². The fraction of sp³-hybridized carbons (Fsp3) is 0.483. The molecule has 1 fully saturated rings. The van der Waals surface area contributed by atoms with E-state index in [2.05, 4.69) is 93.0 Å². The summed E-state index contributed by atoms with van der Waals surface area (Å²) in [5.41, 5.74) is 7.40. The minimum atomic E-state index is -0.0260. The summed E-state index contributed by atoms with van der Waals surface area (Å²) in [5, 5.41) is 18.5. The Bertz CT molecular complexity index is 1490. The monoisotopic (exact) mass is 529 g/mol. The maximum Gasteiger partial charge on any atom is 0.219 e. The molecule has 0 saturated carbocycles. The number of aryl methyl sites for hydroxylation is 1. The Morgan fingerprint density at radius 2 is 1.85 bits per heavy atom. The van der Waals surface area contributed by atoms with E-state index in [1.54, 1.807) is 0 Å².